The fourth-order valence-electron chi connectivity index (χ4n) is 5.45. The van der Waals surface area contributed by atoms with Gasteiger partial charge in [-0.25, -0.2) is 4.57 Å². The Labute approximate surface area is 168 Å². The maximum absolute atomic E-state index is 2.47. The predicted octanol–water partition coefficient (Wildman–Crippen LogP) is 6.22. The van der Waals surface area contributed by atoms with Crippen LogP contribution < -0.4 is 4.57 Å². The van der Waals surface area contributed by atoms with Crippen molar-refractivity contribution in [3.05, 3.63) is 75.6 Å². The van der Waals surface area contributed by atoms with E-state index in [9.17, 15) is 0 Å². The molecule has 2 aliphatic carbocycles. The van der Waals surface area contributed by atoms with Crippen LogP contribution in [0.15, 0.2) is 36.5 Å². The first-order valence-electron chi connectivity index (χ1n) is 10.8. The second kappa shape index (κ2) is 6.58. The molecule has 142 valence electrons. The zero-order chi connectivity index (χ0) is 19.4. The summed E-state index contributed by atoms with van der Waals surface area (Å²) in [4.78, 5) is 0. The van der Waals surface area contributed by atoms with Crippen LogP contribution in [-0.2, 0) is 13.5 Å². The van der Waals surface area contributed by atoms with Gasteiger partial charge in [0.05, 0.1) is 11.0 Å². The number of pyridine rings is 1. The zero-order valence-corrected chi connectivity index (χ0v) is 17.6. The number of benzene rings is 2. The van der Waals surface area contributed by atoms with Crippen LogP contribution in [0.1, 0.15) is 64.8 Å². The van der Waals surface area contributed by atoms with E-state index in [-0.39, 0.29) is 0 Å². The van der Waals surface area contributed by atoms with Crippen LogP contribution >= 0.6 is 0 Å². The Hall–Kier alpha value is -2.41. The molecule has 0 N–H and O–H groups in total. The molecular weight excluding hydrogens is 338 g/mol. The van der Waals surface area contributed by atoms with E-state index in [1.54, 1.807) is 0 Å². The first kappa shape index (κ1) is 17.7. The van der Waals surface area contributed by atoms with Gasteiger partial charge in [0.2, 0.25) is 5.69 Å². The first-order valence-corrected chi connectivity index (χ1v) is 10.8. The van der Waals surface area contributed by atoms with E-state index in [2.05, 4.69) is 75.0 Å². The summed E-state index contributed by atoms with van der Waals surface area (Å²) in [6.45, 7) is 6.70. The van der Waals surface area contributed by atoms with Crippen molar-refractivity contribution in [1.29, 1.82) is 0 Å². The van der Waals surface area contributed by atoms with E-state index >= 15 is 0 Å². The summed E-state index contributed by atoms with van der Waals surface area (Å²) in [7, 11) is 2.18. The molecular formula is C27H30N+. The minimum absolute atomic E-state index is 0.885. The Balaban J connectivity index is 1.68. The fraction of sp³-hybridized carbons (Fsp3) is 0.370. The number of nitrogens with zero attached hydrogens (tertiary/aromatic N) is 1. The van der Waals surface area contributed by atoms with Gasteiger partial charge in [-0.2, -0.15) is 0 Å². The lowest BCUT2D eigenvalue weighted by Crippen LogP contribution is -2.32. The van der Waals surface area contributed by atoms with Gasteiger partial charge in [-0.05, 0) is 72.4 Å². The molecule has 1 saturated carbocycles. The highest BCUT2D eigenvalue weighted by Gasteiger charge is 2.28. The van der Waals surface area contributed by atoms with E-state index in [1.807, 2.05) is 0 Å². The lowest BCUT2D eigenvalue weighted by molar-refractivity contribution is -0.672. The molecule has 2 aromatic carbocycles. The highest BCUT2D eigenvalue weighted by Crippen LogP contribution is 2.41. The maximum atomic E-state index is 2.47. The highest BCUT2D eigenvalue weighted by molar-refractivity contribution is 6.11. The molecule has 3 aromatic rings. The summed E-state index contributed by atoms with van der Waals surface area (Å²) >= 11 is 0. The monoisotopic (exact) mass is 368 g/mol. The van der Waals surface area contributed by atoms with Crippen molar-refractivity contribution in [1.82, 2.24) is 0 Å². The number of hydrogen-bond donors (Lipinski definition) is 0. The zero-order valence-electron chi connectivity index (χ0n) is 17.6. The average molecular weight is 369 g/mol. The van der Waals surface area contributed by atoms with Gasteiger partial charge in [0.1, 0.15) is 7.05 Å². The molecule has 2 aliphatic rings. The molecule has 0 bridgehead atoms. The minimum Gasteiger partial charge on any atom is -0.200 e. The SMILES string of the molecule is Cc1cc(C)c(C)c(C2=Cc3cc(CC4CCCC4)cc4cc[n+](C)c2c34)c1. The Kier molecular flexibility index (Phi) is 4.16. The second-order valence-electron chi connectivity index (χ2n) is 9.09. The summed E-state index contributed by atoms with van der Waals surface area (Å²) < 4.78 is 2.30. The van der Waals surface area contributed by atoms with E-state index in [0.717, 1.165) is 5.92 Å². The minimum atomic E-state index is 0.885. The third-order valence-electron chi connectivity index (χ3n) is 6.98. The smallest absolute Gasteiger partial charge is 0.200 e. The van der Waals surface area contributed by atoms with Crippen molar-refractivity contribution in [3.8, 4) is 0 Å². The molecule has 1 heterocycles. The van der Waals surface area contributed by atoms with Crippen LogP contribution in [0, 0.1) is 26.7 Å². The van der Waals surface area contributed by atoms with Gasteiger partial charge in [0, 0.05) is 6.07 Å². The largest absolute Gasteiger partial charge is 0.221 e. The molecule has 0 aliphatic heterocycles. The Morgan fingerprint density at radius 3 is 2.57 bits per heavy atom. The van der Waals surface area contributed by atoms with Gasteiger partial charge >= 0.3 is 0 Å². The van der Waals surface area contributed by atoms with Crippen LogP contribution in [0.2, 0.25) is 0 Å². The van der Waals surface area contributed by atoms with Crippen molar-refractivity contribution >= 4 is 22.4 Å². The van der Waals surface area contributed by atoms with Crippen LogP contribution in [0.3, 0.4) is 0 Å². The van der Waals surface area contributed by atoms with Crippen LogP contribution in [0.25, 0.3) is 22.4 Å². The lowest BCUT2D eigenvalue weighted by Gasteiger charge is -2.12. The van der Waals surface area contributed by atoms with Gasteiger partial charge in [0.15, 0.2) is 6.20 Å². The fourth-order valence-corrected chi connectivity index (χ4v) is 5.45. The van der Waals surface area contributed by atoms with Crippen LogP contribution in [-0.4, -0.2) is 0 Å². The molecule has 0 radical (unpaired) electrons. The normalized spacial score (nSPS) is 16.2. The molecule has 0 saturated heterocycles. The third kappa shape index (κ3) is 2.80. The van der Waals surface area contributed by atoms with Gasteiger partial charge in [-0.1, -0.05) is 55.5 Å². The van der Waals surface area contributed by atoms with Crippen molar-refractivity contribution in [2.24, 2.45) is 13.0 Å². The number of aromatic nitrogens is 1. The average Bonchev–Trinajstić information content (AvgIpc) is 3.30. The van der Waals surface area contributed by atoms with Gasteiger partial charge in [-0.3, -0.25) is 0 Å². The highest BCUT2D eigenvalue weighted by atomic mass is 14.9. The summed E-state index contributed by atoms with van der Waals surface area (Å²) in [5.41, 5.74) is 11.2. The summed E-state index contributed by atoms with van der Waals surface area (Å²) in [6.07, 6.45) is 11.6. The topological polar surface area (TPSA) is 3.88 Å². The maximum Gasteiger partial charge on any atom is 0.221 e. The quantitative estimate of drug-likeness (QED) is 0.378. The Bertz CT molecular complexity index is 1130. The summed E-state index contributed by atoms with van der Waals surface area (Å²) in [5.74, 6) is 0.885. The van der Waals surface area contributed by atoms with Gasteiger partial charge in [-0.15, -0.1) is 0 Å². The Morgan fingerprint density at radius 2 is 1.79 bits per heavy atom. The summed E-state index contributed by atoms with van der Waals surface area (Å²) in [6, 6.07) is 11.9. The lowest BCUT2D eigenvalue weighted by atomic mass is 9.93. The molecule has 28 heavy (non-hydrogen) atoms. The summed E-state index contributed by atoms with van der Waals surface area (Å²) in [5, 5.41) is 2.82. The van der Waals surface area contributed by atoms with Crippen molar-refractivity contribution < 1.29 is 4.57 Å². The molecule has 0 spiro atoms. The first-order chi connectivity index (χ1) is 13.5. The van der Waals surface area contributed by atoms with Crippen LogP contribution in [0.4, 0.5) is 0 Å². The van der Waals surface area contributed by atoms with E-state index < -0.39 is 0 Å². The standard InChI is InChI=1S/C27H30N/c1-17-11-18(2)19(3)24(12-17)25-16-23-15-21(13-20-7-5-6-8-20)14-22-9-10-28(4)27(25)26(22)23/h9-12,14-16,20H,5-8,13H2,1-4H3/q+1. The molecule has 0 amide bonds. The molecule has 1 heteroatoms. The van der Waals surface area contributed by atoms with Gasteiger partial charge < -0.3 is 0 Å². The molecule has 1 aromatic heterocycles. The number of rotatable bonds is 3. The van der Waals surface area contributed by atoms with E-state index in [0.29, 0.717) is 0 Å². The number of hydrogen-bond acceptors (Lipinski definition) is 0. The molecule has 1 nitrogen and oxygen atoms in total. The van der Waals surface area contributed by atoms with Crippen molar-refractivity contribution in [3.63, 3.8) is 0 Å². The van der Waals surface area contributed by atoms with Gasteiger partial charge in [0.25, 0.3) is 0 Å². The molecule has 1 fully saturated rings. The van der Waals surface area contributed by atoms with E-state index in [4.69, 9.17) is 0 Å². The predicted molar refractivity (Wildman–Crippen MR) is 118 cm³/mol. The molecule has 0 atom stereocenters. The molecule has 5 rings (SSSR count). The Morgan fingerprint density at radius 1 is 1.00 bits per heavy atom. The molecule has 0 unspecified atom stereocenters. The van der Waals surface area contributed by atoms with Crippen molar-refractivity contribution in [2.45, 2.75) is 52.9 Å². The van der Waals surface area contributed by atoms with E-state index in [1.165, 1.54) is 87.5 Å². The van der Waals surface area contributed by atoms with Crippen molar-refractivity contribution in [2.75, 3.05) is 0 Å². The third-order valence-corrected chi connectivity index (χ3v) is 6.98. The second-order valence-corrected chi connectivity index (χ2v) is 9.09. The van der Waals surface area contributed by atoms with Crippen LogP contribution in [0.5, 0.6) is 0 Å². The number of aryl methyl sites for hydroxylation is 3.